The van der Waals surface area contributed by atoms with Crippen molar-refractivity contribution in [1.29, 1.82) is 0 Å². The number of benzene rings is 1. The zero-order valence-corrected chi connectivity index (χ0v) is 11.1. The maximum Gasteiger partial charge on any atom is 0.338 e. The van der Waals surface area contributed by atoms with Gasteiger partial charge in [0, 0.05) is 5.92 Å². The molecule has 0 spiro atoms. The number of allylic oxidation sites excluding steroid dienone is 2. The first-order valence-electron chi connectivity index (χ1n) is 6.46. The molecule has 0 aromatic heterocycles. The van der Waals surface area contributed by atoms with E-state index >= 15 is 0 Å². The Bertz CT molecular complexity index is 502. The third-order valence-electron chi connectivity index (χ3n) is 3.16. The summed E-state index contributed by atoms with van der Waals surface area (Å²) in [6, 6.07) is 6.08. The van der Waals surface area contributed by atoms with Crippen LogP contribution in [0, 0.1) is 19.6 Å². The van der Waals surface area contributed by atoms with Crippen molar-refractivity contribution in [2.24, 2.45) is 5.92 Å². The first-order chi connectivity index (χ1) is 9.70. The Hall–Kier alpha value is -2.10. The van der Waals surface area contributed by atoms with Crippen molar-refractivity contribution in [2.75, 3.05) is 0 Å². The Morgan fingerprint density at radius 2 is 1.75 bits per heavy atom. The second kappa shape index (κ2) is 6.89. The van der Waals surface area contributed by atoms with Crippen molar-refractivity contribution in [1.82, 2.24) is 0 Å². The van der Waals surface area contributed by atoms with Crippen LogP contribution in [-0.4, -0.2) is 11.9 Å². The lowest BCUT2D eigenvalue weighted by atomic mass is 9.95. The lowest BCUT2D eigenvalue weighted by Gasteiger charge is -2.16. The van der Waals surface area contributed by atoms with E-state index in [1.54, 1.807) is 6.61 Å². The average molecular weight is 272 g/mol. The van der Waals surface area contributed by atoms with E-state index in [1.165, 1.54) is 24.3 Å². The highest BCUT2D eigenvalue weighted by Crippen LogP contribution is 2.21. The number of hydrogen-bond donors (Lipinski definition) is 0. The third kappa shape index (κ3) is 3.70. The molecule has 0 amide bonds. The highest BCUT2D eigenvalue weighted by molar-refractivity contribution is 5.93. The van der Waals surface area contributed by atoms with Gasteiger partial charge in [-0.25, -0.2) is 9.59 Å². The lowest BCUT2D eigenvalue weighted by Crippen LogP contribution is -2.11. The minimum Gasteiger partial charge on any atom is -0.458 e. The van der Waals surface area contributed by atoms with Crippen LogP contribution in [0.4, 0.5) is 0 Å². The fourth-order valence-electron chi connectivity index (χ4n) is 1.99. The molecule has 1 aromatic rings. The monoisotopic (exact) mass is 272 g/mol. The summed E-state index contributed by atoms with van der Waals surface area (Å²) in [5.74, 6) is -0.677. The summed E-state index contributed by atoms with van der Waals surface area (Å²) >= 11 is 0. The zero-order valence-electron chi connectivity index (χ0n) is 11.1. The summed E-state index contributed by atoms with van der Waals surface area (Å²) in [6.07, 6.45) is 7.14. The Kier molecular flexibility index (Phi) is 4.93. The standard InChI is InChI=1S/C16H16O4/c1-19-15(17)13-7-9-14(10-8-13)16(18)20-11-12-5-3-2-4-6-12/h2-3,7-12H,1,4-6H2. The summed E-state index contributed by atoms with van der Waals surface area (Å²) in [5, 5.41) is 0. The zero-order chi connectivity index (χ0) is 14.4. The molecule has 20 heavy (non-hydrogen) atoms. The Labute approximate surface area is 118 Å². The topological polar surface area (TPSA) is 52.6 Å². The van der Waals surface area contributed by atoms with Crippen LogP contribution in [0.2, 0.25) is 0 Å². The van der Waals surface area contributed by atoms with Gasteiger partial charge in [0.15, 0.2) is 0 Å². The van der Waals surface area contributed by atoms with Crippen molar-refractivity contribution in [3.05, 3.63) is 61.3 Å². The fourth-order valence-corrected chi connectivity index (χ4v) is 1.99. The van der Waals surface area contributed by atoms with Gasteiger partial charge in [-0.1, -0.05) is 12.2 Å². The van der Waals surface area contributed by atoms with E-state index in [4.69, 9.17) is 4.74 Å². The van der Waals surface area contributed by atoms with Crippen molar-refractivity contribution in [3.8, 4) is 0 Å². The smallest absolute Gasteiger partial charge is 0.338 e. The van der Waals surface area contributed by atoms with Crippen molar-refractivity contribution >= 4 is 11.9 Å². The molecule has 2 radical (unpaired) electrons. The van der Waals surface area contributed by atoms with Gasteiger partial charge in [0.25, 0.3) is 0 Å². The van der Waals surface area contributed by atoms with E-state index in [1.807, 2.05) is 0 Å². The van der Waals surface area contributed by atoms with Gasteiger partial charge in [0.2, 0.25) is 0 Å². The van der Waals surface area contributed by atoms with Crippen molar-refractivity contribution in [2.45, 2.75) is 19.3 Å². The molecule has 0 fully saturated rings. The molecular formula is C16H16O4. The number of hydrogen-bond acceptors (Lipinski definition) is 4. The molecule has 2 rings (SSSR count). The quantitative estimate of drug-likeness (QED) is 0.623. The molecule has 0 bridgehead atoms. The van der Waals surface area contributed by atoms with Gasteiger partial charge in [-0.05, 0) is 43.5 Å². The first kappa shape index (κ1) is 14.3. The number of rotatable bonds is 4. The summed E-state index contributed by atoms with van der Waals surface area (Å²) in [6.45, 7) is 1.60. The second-order valence-electron chi connectivity index (χ2n) is 4.60. The summed E-state index contributed by atoms with van der Waals surface area (Å²) in [7, 11) is 3.05. The predicted molar refractivity (Wildman–Crippen MR) is 73.4 cm³/mol. The Balaban J connectivity index is 1.88. The van der Waals surface area contributed by atoms with Gasteiger partial charge < -0.3 is 9.47 Å². The van der Waals surface area contributed by atoms with E-state index in [0.717, 1.165) is 19.3 Å². The van der Waals surface area contributed by atoms with Crippen molar-refractivity contribution < 1.29 is 19.1 Å². The van der Waals surface area contributed by atoms with Crippen LogP contribution < -0.4 is 0 Å². The molecule has 1 unspecified atom stereocenters. The van der Waals surface area contributed by atoms with Gasteiger partial charge in [-0.3, -0.25) is 0 Å². The van der Waals surface area contributed by atoms with Crippen LogP contribution in [0.1, 0.15) is 40.0 Å². The molecule has 0 saturated heterocycles. The van der Waals surface area contributed by atoms with Crippen LogP contribution in [0.25, 0.3) is 0 Å². The Morgan fingerprint density at radius 3 is 2.30 bits per heavy atom. The maximum atomic E-state index is 11.8. The third-order valence-corrected chi connectivity index (χ3v) is 3.16. The molecular weight excluding hydrogens is 256 g/mol. The normalized spacial score (nSPS) is 17.6. The average Bonchev–Trinajstić information content (AvgIpc) is 2.53. The fraction of sp³-hybridized carbons (Fsp3) is 0.250. The van der Waals surface area contributed by atoms with Gasteiger partial charge in [-0.15, -0.1) is 0 Å². The van der Waals surface area contributed by atoms with E-state index in [-0.39, 0.29) is 5.92 Å². The van der Waals surface area contributed by atoms with Crippen LogP contribution in [0.3, 0.4) is 0 Å². The van der Waals surface area contributed by atoms with Gasteiger partial charge in [-0.2, -0.15) is 0 Å². The second-order valence-corrected chi connectivity index (χ2v) is 4.60. The van der Waals surface area contributed by atoms with Crippen LogP contribution in [0.5, 0.6) is 0 Å². The van der Waals surface area contributed by atoms with E-state index in [0.29, 0.717) is 11.1 Å². The van der Waals surface area contributed by atoms with Gasteiger partial charge in [0.1, 0.15) is 13.7 Å². The minimum absolute atomic E-state index is 0.282. The Morgan fingerprint density at radius 1 is 1.10 bits per heavy atom. The highest BCUT2D eigenvalue weighted by atomic mass is 16.5. The molecule has 4 nitrogen and oxygen atoms in total. The molecule has 0 N–H and O–H groups in total. The van der Waals surface area contributed by atoms with Crippen LogP contribution >= 0.6 is 0 Å². The molecule has 0 saturated carbocycles. The van der Waals surface area contributed by atoms with Crippen molar-refractivity contribution in [3.63, 3.8) is 0 Å². The number of carbonyl (C=O) groups is 2. The largest absolute Gasteiger partial charge is 0.458 e. The summed E-state index contributed by atoms with van der Waals surface area (Å²) in [4.78, 5) is 23.1. The highest BCUT2D eigenvalue weighted by Gasteiger charge is 2.15. The molecule has 0 heterocycles. The van der Waals surface area contributed by atoms with Gasteiger partial charge >= 0.3 is 11.9 Å². The van der Waals surface area contributed by atoms with E-state index in [9.17, 15) is 9.59 Å². The molecule has 104 valence electrons. The lowest BCUT2D eigenvalue weighted by molar-refractivity contribution is 0.0562. The number of esters is 2. The molecule has 1 atom stereocenters. The molecule has 4 heteroatoms. The summed E-state index contributed by atoms with van der Waals surface area (Å²) in [5.41, 5.74) is 0.742. The van der Waals surface area contributed by atoms with Crippen LogP contribution in [-0.2, 0) is 9.47 Å². The van der Waals surface area contributed by atoms with Crippen LogP contribution in [0.15, 0.2) is 36.4 Å². The van der Waals surface area contributed by atoms with E-state index < -0.39 is 11.9 Å². The minimum atomic E-state index is -0.537. The number of carbonyl (C=O) groups excluding carboxylic acids is 2. The molecule has 1 aromatic carbocycles. The SMILES string of the molecule is [CH2]OC(=O)c1ccc(C(=O)O[CH]C2CC=CCC2)cc1. The van der Waals surface area contributed by atoms with Gasteiger partial charge in [0.05, 0.1) is 11.1 Å². The van der Waals surface area contributed by atoms with E-state index in [2.05, 4.69) is 24.0 Å². The molecule has 0 aliphatic heterocycles. The predicted octanol–water partition coefficient (Wildman–Crippen LogP) is 3.31. The number of ether oxygens (including phenoxy) is 2. The molecule has 1 aliphatic rings. The first-order valence-corrected chi connectivity index (χ1v) is 6.46. The maximum absolute atomic E-state index is 11.8. The molecule has 1 aliphatic carbocycles. The summed E-state index contributed by atoms with van der Waals surface area (Å²) < 4.78 is 9.51.